The maximum Gasteiger partial charge on any atom is 0.253 e. The fourth-order valence-corrected chi connectivity index (χ4v) is 2.72. The third-order valence-corrected chi connectivity index (χ3v) is 3.85. The highest BCUT2D eigenvalue weighted by molar-refractivity contribution is 5.96. The molecule has 1 aromatic heterocycles. The summed E-state index contributed by atoms with van der Waals surface area (Å²) in [5.74, 6) is 0.480. The third-order valence-electron chi connectivity index (χ3n) is 3.85. The first-order valence-corrected chi connectivity index (χ1v) is 7.45. The van der Waals surface area contributed by atoms with Gasteiger partial charge in [0.1, 0.15) is 6.61 Å². The number of aryl methyl sites for hydroxylation is 1. The van der Waals surface area contributed by atoms with Gasteiger partial charge in [0.15, 0.2) is 0 Å². The van der Waals surface area contributed by atoms with E-state index in [-0.39, 0.29) is 12.5 Å². The van der Waals surface area contributed by atoms with Crippen LogP contribution in [0.4, 0.5) is 11.6 Å². The molecule has 1 aromatic carbocycles. The molecular weight excluding hydrogens is 280 g/mol. The number of amides is 1. The first kappa shape index (κ1) is 14.6. The molecule has 0 radical (unpaired) electrons. The number of hydrogen-bond donors (Lipinski definition) is 1. The molecule has 1 amide bonds. The monoisotopic (exact) mass is 300 g/mol. The molecule has 1 aliphatic rings. The van der Waals surface area contributed by atoms with Crippen LogP contribution in [0.25, 0.3) is 11.0 Å². The lowest BCUT2D eigenvalue weighted by atomic mass is 10.2. The molecule has 1 saturated heterocycles. The average Bonchev–Trinajstić information content (AvgIpc) is 2.83. The van der Waals surface area contributed by atoms with Gasteiger partial charge in [0.05, 0.1) is 17.6 Å². The minimum atomic E-state index is -0.0241. The highest BCUT2D eigenvalue weighted by Gasteiger charge is 2.21. The first-order chi connectivity index (χ1) is 10.7. The van der Waals surface area contributed by atoms with E-state index in [1.54, 1.807) is 4.90 Å². The maximum atomic E-state index is 11.9. The SMILES string of the molecule is C=CCCCn1c(N)nc2cc(N3CCOCC3=O)ccc21. The topological polar surface area (TPSA) is 73.4 Å². The van der Waals surface area contributed by atoms with Gasteiger partial charge < -0.3 is 19.9 Å². The second-order valence-electron chi connectivity index (χ2n) is 5.32. The second-order valence-corrected chi connectivity index (χ2v) is 5.32. The molecule has 22 heavy (non-hydrogen) atoms. The van der Waals surface area contributed by atoms with E-state index in [1.807, 2.05) is 28.8 Å². The summed E-state index contributed by atoms with van der Waals surface area (Å²) in [5.41, 5.74) is 8.67. The van der Waals surface area contributed by atoms with Gasteiger partial charge in [-0.2, -0.15) is 0 Å². The van der Waals surface area contributed by atoms with Crippen molar-refractivity contribution in [3.8, 4) is 0 Å². The number of hydrogen-bond acceptors (Lipinski definition) is 4. The first-order valence-electron chi connectivity index (χ1n) is 7.45. The van der Waals surface area contributed by atoms with Gasteiger partial charge in [-0.3, -0.25) is 4.79 Å². The smallest absolute Gasteiger partial charge is 0.253 e. The van der Waals surface area contributed by atoms with E-state index in [2.05, 4.69) is 11.6 Å². The number of anilines is 2. The Morgan fingerprint density at radius 3 is 3.09 bits per heavy atom. The number of ether oxygens (including phenoxy) is 1. The fourth-order valence-electron chi connectivity index (χ4n) is 2.72. The van der Waals surface area contributed by atoms with Crippen molar-refractivity contribution in [2.45, 2.75) is 19.4 Å². The minimum absolute atomic E-state index is 0.0241. The van der Waals surface area contributed by atoms with Crippen LogP contribution in [0.15, 0.2) is 30.9 Å². The number of nitrogen functional groups attached to an aromatic ring is 1. The highest BCUT2D eigenvalue weighted by Crippen LogP contribution is 2.25. The second kappa shape index (κ2) is 6.19. The van der Waals surface area contributed by atoms with Gasteiger partial charge in [-0.15, -0.1) is 6.58 Å². The third kappa shape index (κ3) is 2.69. The summed E-state index contributed by atoms with van der Waals surface area (Å²) < 4.78 is 7.16. The number of fused-ring (bicyclic) bond motifs is 1. The Labute approximate surface area is 129 Å². The number of allylic oxidation sites excluding steroid dienone is 1. The standard InChI is InChI=1S/C16H20N4O2/c1-2-3-4-7-20-14-6-5-12(10-13(14)18-16(20)17)19-8-9-22-11-15(19)21/h2,5-6,10H,1,3-4,7-9,11H2,(H2,17,18). The Hall–Kier alpha value is -2.34. The van der Waals surface area contributed by atoms with Crippen LogP contribution in [0.3, 0.4) is 0 Å². The van der Waals surface area contributed by atoms with Crippen LogP contribution >= 0.6 is 0 Å². The molecule has 116 valence electrons. The van der Waals surface area contributed by atoms with Gasteiger partial charge in [0.25, 0.3) is 5.91 Å². The van der Waals surface area contributed by atoms with Gasteiger partial charge in [-0.05, 0) is 31.0 Å². The zero-order valence-corrected chi connectivity index (χ0v) is 12.5. The van der Waals surface area contributed by atoms with Crippen molar-refractivity contribution in [3.63, 3.8) is 0 Å². The predicted octanol–water partition coefficient (Wildman–Crippen LogP) is 1.95. The number of morpholine rings is 1. The van der Waals surface area contributed by atoms with Crippen molar-refractivity contribution >= 4 is 28.6 Å². The molecule has 1 aliphatic heterocycles. The van der Waals surface area contributed by atoms with E-state index in [0.29, 0.717) is 19.1 Å². The number of unbranched alkanes of at least 4 members (excludes halogenated alkanes) is 1. The summed E-state index contributed by atoms with van der Waals surface area (Å²) >= 11 is 0. The maximum absolute atomic E-state index is 11.9. The van der Waals surface area contributed by atoms with Gasteiger partial charge in [-0.1, -0.05) is 6.08 Å². The van der Waals surface area contributed by atoms with Crippen molar-refractivity contribution in [1.29, 1.82) is 0 Å². The Morgan fingerprint density at radius 2 is 2.32 bits per heavy atom. The zero-order chi connectivity index (χ0) is 15.5. The lowest BCUT2D eigenvalue weighted by molar-refractivity contribution is -0.125. The quantitative estimate of drug-likeness (QED) is 0.676. The summed E-state index contributed by atoms with van der Waals surface area (Å²) in [6.45, 7) is 5.80. The van der Waals surface area contributed by atoms with E-state index in [1.165, 1.54) is 0 Å². The van der Waals surface area contributed by atoms with Crippen LogP contribution in [-0.4, -0.2) is 35.2 Å². The molecule has 0 unspecified atom stereocenters. The number of benzene rings is 1. The normalized spacial score (nSPS) is 15.5. The zero-order valence-electron chi connectivity index (χ0n) is 12.5. The molecule has 0 saturated carbocycles. The van der Waals surface area contributed by atoms with Crippen molar-refractivity contribution < 1.29 is 9.53 Å². The number of nitrogens with zero attached hydrogens (tertiary/aromatic N) is 3. The van der Waals surface area contributed by atoms with Crippen molar-refractivity contribution in [1.82, 2.24) is 9.55 Å². The molecular formula is C16H20N4O2. The molecule has 6 nitrogen and oxygen atoms in total. The molecule has 0 bridgehead atoms. The van der Waals surface area contributed by atoms with Crippen molar-refractivity contribution in [3.05, 3.63) is 30.9 Å². The molecule has 2 aromatic rings. The van der Waals surface area contributed by atoms with Crippen LogP contribution in [-0.2, 0) is 16.1 Å². The average molecular weight is 300 g/mol. The van der Waals surface area contributed by atoms with Gasteiger partial charge in [0, 0.05) is 18.8 Å². The van der Waals surface area contributed by atoms with Crippen LogP contribution < -0.4 is 10.6 Å². The summed E-state index contributed by atoms with van der Waals surface area (Å²) in [4.78, 5) is 18.1. The van der Waals surface area contributed by atoms with Crippen molar-refractivity contribution in [2.24, 2.45) is 0 Å². The van der Waals surface area contributed by atoms with Crippen molar-refractivity contribution in [2.75, 3.05) is 30.4 Å². The number of carbonyl (C=O) groups excluding carboxylic acids is 1. The van der Waals surface area contributed by atoms with Crippen LogP contribution in [0.2, 0.25) is 0 Å². The molecule has 1 fully saturated rings. The van der Waals surface area contributed by atoms with E-state index in [9.17, 15) is 4.79 Å². The minimum Gasteiger partial charge on any atom is -0.370 e. The van der Waals surface area contributed by atoms with Crippen LogP contribution in [0.1, 0.15) is 12.8 Å². The molecule has 2 heterocycles. The van der Waals surface area contributed by atoms with Gasteiger partial charge in [-0.25, -0.2) is 4.98 Å². The Kier molecular flexibility index (Phi) is 4.11. The molecule has 0 aliphatic carbocycles. The molecule has 2 N–H and O–H groups in total. The Balaban J connectivity index is 1.90. The lowest BCUT2D eigenvalue weighted by Crippen LogP contribution is -2.41. The number of rotatable bonds is 5. The number of nitrogens with two attached hydrogens (primary N) is 1. The van der Waals surface area contributed by atoms with Gasteiger partial charge in [0.2, 0.25) is 5.95 Å². The van der Waals surface area contributed by atoms with Gasteiger partial charge >= 0.3 is 0 Å². The summed E-state index contributed by atoms with van der Waals surface area (Å²) in [6, 6.07) is 5.83. The van der Waals surface area contributed by atoms with Crippen LogP contribution in [0.5, 0.6) is 0 Å². The highest BCUT2D eigenvalue weighted by atomic mass is 16.5. The fraction of sp³-hybridized carbons (Fsp3) is 0.375. The summed E-state index contributed by atoms with van der Waals surface area (Å²) in [6.07, 6.45) is 3.82. The Bertz CT molecular complexity index is 707. The molecule has 0 atom stereocenters. The summed E-state index contributed by atoms with van der Waals surface area (Å²) in [7, 11) is 0. The number of carbonyl (C=O) groups is 1. The van der Waals surface area contributed by atoms with Crippen LogP contribution in [0, 0.1) is 0 Å². The number of aromatic nitrogens is 2. The van der Waals surface area contributed by atoms with E-state index >= 15 is 0 Å². The molecule has 6 heteroatoms. The molecule has 3 rings (SSSR count). The Morgan fingerprint density at radius 1 is 1.45 bits per heavy atom. The predicted molar refractivity (Wildman–Crippen MR) is 86.7 cm³/mol. The van der Waals surface area contributed by atoms with E-state index < -0.39 is 0 Å². The number of imidazole rings is 1. The van der Waals surface area contributed by atoms with E-state index in [4.69, 9.17) is 10.5 Å². The molecule has 0 spiro atoms. The largest absolute Gasteiger partial charge is 0.370 e. The van der Waals surface area contributed by atoms with E-state index in [0.717, 1.165) is 36.1 Å². The summed E-state index contributed by atoms with van der Waals surface area (Å²) in [5, 5.41) is 0. The lowest BCUT2D eigenvalue weighted by Gasteiger charge is -2.26.